The van der Waals surface area contributed by atoms with Crippen LogP contribution in [0.2, 0.25) is 0 Å². The predicted octanol–water partition coefficient (Wildman–Crippen LogP) is 1.80. The van der Waals surface area contributed by atoms with E-state index in [1.54, 1.807) is 6.07 Å². The molecule has 1 aliphatic rings. The van der Waals surface area contributed by atoms with Crippen LogP contribution in [0.25, 0.3) is 0 Å². The standard InChI is InChI=1S/C13H18FNO2S/c1-10-3-4-12(14)7-11(10)8-15-13(2)5-6-18(16,17)9-13/h3-4,7,15H,5-6,8-9H2,1-2H3. The van der Waals surface area contributed by atoms with Gasteiger partial charge in [-0.05, 0) is 43.5 Å². The summed E-state index contributed by atoms with van der Waals surface area (Å²) in [4.78, 5) is 0. The molecule has 0 saturated carbocycles. The highest BCUT2D eigenvalue weighted by molar-refractivity contribution is 7.91. The Morgan fingerprint density at radius 2 is 2.17 bits per heavy atom. The van der Waals surface area contributed by atoms with E-state index in [1.165, 1.54) is 12.1 Å². The van der Waals surface area contributed by atoms with Crippen molar-refractivity contribution in [2.45, 2.75) is 32.4 Å². The highest BCUT2D eigenvalue weighted by Crippen LogP contribution is 2.23. The van der Waals surface area contributed by atoms with Gasteiger partial charge >= 0.3 is 0 Å². The Morgan fingerprint density at radius 1 is 1.44 bits per heavy atom. The SMILES string of the molecule is Cc1ccc(F)cc1CNC1(C)CCS(=O)(=O)C1. The lowest BCUT2D eigenvalue weighted by atomic mass is 10.0. The average molecular weight is 271 g/mol. The molecule has 3 nitrogen and oxygen atoms in total. The van der Waals surface area contributed by atoms with Gasteiger partial charge in [0.1, 0.15) is 5.82 Å². The summed E-state index contributed by atoms with van der Waals surface area (Å²) >= 11 is 0. The minimum atomic E-state index is -2.91. The molecule has 1 aromatic rings. The van der Waals surface area contributed by atoms with Gasteiger partial charge < -0.3 is 5.32 Å². The summed E-state index contributed by atoms with van der Waals surface area (Å²) in [6.45, 7) is 4.33. The van der Waals surface area contributed by atoms with Crippen molar-refractivity contribution in [3.8, 4) is 0 Å². The zero-order valence-corrected chi connectivity index (χ0v) is 11.5. The molecule has 1 unspecified atom stereocenters. The molecule has 0 radical (unpaired) electrons. The Bertz CT molecular complexity index is 556. The van der Waals surface area contributed by atoms with Crippen LogP contribution in [-0.4, -0.2) is 25.5 Å². The third-order valence-corrected chi connectivity index (χ3v) is 5.42. The second kappa shape index (κ2) is 4.63. The van der Waals surface area contributed by atoms with Crippen LogP contribution in [0.15, 0.2) is 18.2 Å². The highest BCUT2D eigenvalue weighted by atomic mass is 32.2. The maximum atomic E-state index is 13.1. The Hall–Kier alpha value is -0.940. The van der Waals surface area contributed by atoms with Crippen LogP contribution in [0.5, 0.6) is 0 Å². The number of hydrogen-bond donors (Lipinski definition) is 1. The molecule has 1 saturated heterocycles. The first kappa shape index (κ1) is 13.5. The van der Waals surface area contributed by atoms with Crippen molar-refractivity contribution >= 4 is 9.84 Å². The van der Waals surface area contributed by atoms with E-state index >= 15 is 0 Å². The van der Waals surface area contributed by atoms with Crippen LogP contribution < -0.4 is 5.32 Å². The van der Waals surface area contributed by atoms with E-state index in [2.05, 4.69) is 5.32 Å². The normalized spacial score (nSPS) is 26.4. The molecule has 0 aliphatic carbocycles. The molecule has 2 rings (SSSR count). The highest BCUT2D eigenvalue weighted by Gasteiger charge is 2.37. The van der Waals surface area contributed by atoms with Gasteiger partial charge in [-0.3, -0.25) is 0 Å². The first-order chi connectivity index (χ1) is 8.30. The summed E-state index contributed by atoms with van der Waals surface area (Å²) in [5.41, 5.74) is 1.49. The van der Waals surface area contributed by atoms with Gasteiger partial charge in [0.15, 0.2) is 9.84 Å². The first-order valence-electron chi connectivity index (χ1n) is 6.00. The van der Waals surface area contributed by atoms with Crippen LogP contribution in [0.4, 0.5) is 4.39 Å². The third kappa shape index (κ3) is 3.09. The van der Waals surface area contributed by atoms with Gasteiger partial charge in [-0.25, -0.2) is 12.8 Å². The molecule has 0 aromatic heterocycles. The zero-order chi connectivity index (χ0) is 13.4. The Balaban J connectivity index is 2.06. The van der Waals surface area contributed by atoms with Crippen LogP contribution in [-0.2, 0) is 16.4 Å². The average Bonchev–Trinajstić information content (AvgIpc) is 2.55. The maximum absolute atomic E-state index is 13.1. The summed E-state index contributed by atoms with van der Waals surface area (Å²) in [5, 5.41) is 3.25. The van der Waals surface area contributed by atoms with Gasteiger partial charge in [-0.2, -0.15) is 0 Å². The van der Waals surface area contributed by atoms with Crippen molar-refractivity contribution in [1.82, 2.24) is 5.32 Å². The third-order valence-electron chi connectivity index (χ3n) is 3.52. The number of hydrogen-bond acceptors (Lipinski definition) is 3. The fourth-order valence-electron chi connectivity index (χ4n) is 2.29. The van der Waals surface area contributed by atoms with E-state index in [0.29, 0.717) is 13.0 Å². The number of aryl methyl sites for hydroxylation is 1. The molecule has 1 fully saturated rings. The van der Waals surface area contributed by atoms with Crippen molar-refractivity contribution in [3.63, 3.8) is 0 Å². The number of benzene rings is 1. The van der Waals surface area contributed by atoms with Crippen LogP contribution >= 0.6 is 0 Å². The maximum Gasteiger partial charge on any atom is 0.152 e. The zero-order valence-electron chi connectivity index (χ0n) is 10.7. The van der Waals surface area contributed by atoms with Crippen molar-refractivity contribution in [3.05, 3.63) is 35.1 Å². The topological polar surface area (TPSA) is 46.2 Å². The lowest BCUT2D eigenvalue weighted by Gasteiger charge is -2.24. The lowest BCUT2D eigenvalue weighted by Crippen LogP contribution is -2.42. The van der Waals surface area contributed by atoms with E-state index in [-0.39, 0.29) is 17.3 Å². The second-order valence-corrected chi connectivity index (χ2v) is 7.51. The first-order valence-corrected chi connectivity index (χ1v) is 7.82. The predicted molar refractivity (Wildman–Crippen MR) is 69.7 cm³/mol. The molecule has 1 atom stereocenters. The number of sulfone groups is 1. The minimum Gasteiger partial charge on any atom is -0.306 e. The largest absolute Gasteiger partial charge is 0.306 e. The van der Waals surface area contributed by atoms with Gasteiger partial charge in [-0.1, -0.05) is 6.07 Å². The molecule has 1 N–H and O–H groups in total. The van der Waals surface area contributed by atoms with Crippen molar-refractivity contribution < 1.29 is 12.8 Å². The Morgan fingerprint density at radius 3 is 2.78 bits per heavy atom. The van der Waals surface area contributed by atoms with E-state index in [4.69, 9.17) is 0 Å². The van der Waals surface area contributed by atoms with Crippen molar-refractivity contribution in [2.75, 3.05) is 11.5 Å². The van der Waals surface area contributed by atoms with Gasteiger partial charge in [0.05, 0.1) is 11.5 Å². The minimum absolute atomic E-state index is 0.161. The van der Waals surface area contributed by atoms with Gasteiger partial charge in [0.2, 0.25) is 0 Å². The molecular weight excluding hydrogens is 253 g/mol. The van der Waals surface area contributed by atoms with E-state index < -0.39 is 15.4 Å². The van der Waals surface area contributed by atoms with Crippen LogP contribution in [0, 0.1) is 12.7 Å². The van der Waals surface area contributed by atoms with Gasteiger partial charge in [-0.15, -0.1) is 0 Å². The molecule has 5 heteroatoms. The molecule has 1 heterocycles. The molecule has 0 spiro atoms. The quantitative estimate of drug-likeness (QED) is 0.912. The fraction of sp³-hybridized carbons (Fsp3) is 0.538. The van der Waals surface area contributed by atoms with Crippen LogP contribution in [0.3, 0.4) is 0 Å². The number of nitrogens with one attached hydrogen (secondary N) is 1. The molecule has 0 amide bonds. The van der Waals surface area contributed by atoms with Crippen molar-refractivity contribution in [2.24, 2.45) is 0 Å². The summed E-state index contributed by atoms with van der Waals surface area (Å²) < 4.78 is 36.1. The Labute approximate surface area is 107 Å². The van der Waals surface area contributed by atoms with Gasteiger partial charge in [0.25, 0.3) is 0 Å². The summed E-state index contributed by atoms with van der Waals surface area (Å²) in [6.07, 6.45) is 0.615. The summed E-state index contributed by atoms with van der Waals surface area (Å²) in [7, 11) is -2.91. The monoisotopic (exact) mass is 271 g/mol. The number of halogens is 1. The summed E-state index contributed by atoms with van der Waals surface area (Å²) in [6, 6.07) is 4.66. The Kier molecular flexibility index (Phi) is 3.47. The smallest absolute Gasteiger partial charge is 0.152 e. The van der Waals surface area contributed by atoms with E-state index in [1.807, 2.05) is 13.8 Å². The molecule has 1 aromatic carbocycles. The van der Waals surface area contributed by atoms with Gasteiger partial charge in [0, 0.05) is 12.1 Å². The van der Waals surface area contributed by atoms with Crippen molar-refractivity contribution in [1.29, 1.82) is 0 Å². The molecule has 1 aliphatic heterocycles. The van der Waals surface area contributed by atoms with E-state index in [9.17, 15) is 12.8 Å². The number of rotatable bonds is 3. The fourth-order valence-corrected chi connectivity index (χ4v) is 4.41. The lowest BCUT2D eigenvalue weighted by molar-refractivity contribution is 0.394. The molecule has 18 heavy (non-hydrogen) atoms. The molecule has 0 bridgehead atoms. The molecular formula is C13H18FNO2S. The molecule has 100 valence electrons. The van der Waals surface area contributed by atoms with Crippen LogP contribution in [0.1, 0.15) is 24.5 Å². The summed E-state index contributed by atoms with van der Waals surface area (Å²) in [5.74, 6) is 0.133. The second-order valence-electron chi connectivity index (χ2n) is 5.33. The van der Waals surface area contributed by atoms with E-state index in [0.717, 1.165) is 11.1 Å².